The van der Waals surface area contributed by atoms with Gasteiger partial charge in [-0.05, 0) is 37.3 Å². The van der Waals surface area contributed by atoms with E-state index in [1.165, 1.54) is 6.07 Å². The van der Waals surface area contributed by atoms with Crippen molar-refractivity contribution in [2.75, 3.05) is 11.9 Å². The summed E-state index contributed by atoms with van der Waals surface area (Å²) in [5.74, 6) is 0.305. The van der Waals surface area contributed by atoms with Gasteiger partial charge in [-0.15, -0.1) is 0 Å². The van der Waals surface area contributed by atoms with Crippen molar-refractivity contribution in [3.63, 3.8) is 0 Å². The van der Waals surface area contributed by atoms with Gasteiger partial charge in [-0.3, -0.25) is 0 Å². The van der Waals surface area contributed by atoms with E-state index in [0.717, 1.165) is 25.8 Å². The molecule has 0 fully saturated rings. The van der Waals surface area contributed by atoms with Crippen LogP contribution in [-0.4, -0.2) is 6.54 Å². The summed E-state index contributed by atoms with van der Waals surface area (Å²) in [6.45, 7) is 0.783. The highest BCUT2D eigenvalue weighted by atomic mass is 35.5. The third-order valence-corrected chi connectivity index (χ3v) is 3.22. The zero-order chi connectivity index (χ0) is 11.4. The van der Waals surface area contributed by atoms with Crippen molar-refractivity contribution in [2.24, 2.45) is 5.92 Å². The van der Waals surface area contributed by atoms with Crippen LogP contribution >= 0.6 is 11.6 Å². The zero-order valence-electron chi connectivity index (χ0n) is 9.05. The van der Waals surface area contributed by atoms with Gasteiger partial charge in [-0.25, -0.2) is 4.39 Å². The average molecular weight is 240 g/mol. The molecule has 3 heteroatoms. The lowest BCUT2D eigenvalue weighted by molar-refractivity contribution is 0.502. The van der Waals surface area contributed by atoms with Gasteiger partial charge in [0.15, 0.2) is 0 Å². The van der Waals surface area contributed by atoms with Crippen LogP contribution in [0.15, 0.2) is 30.4 Å². The van der Waals surface area contributed by atoms with Crippen molar-refractivity contribution in [3.05, 3.63) is 41.2 Å². The van der Waals surface area contributed by atoms with Gasteiger partial charge in [-0.2, -0.15) is 0 Å². The molecule has 0 aromatic heterocycles. The van der Waals surface area contributed by atoms with E-state index < -0.39 is 0 Å². The minimum absolute atomic E-state index is 0.279. The van der Waals surface area contributed by atoms with Gasteiger partial charge in [-0.1, -0.05) is 29.8 Å². The second kappa shape index (κ2) is 5.35. The molecule has 1 aromatic carbocycles. The van der Waals surface area contributed by atoms with Crippen molar-refractivity contribution in [2.45, 2.75) is 19.3 Å². The molecule has 1 aliphatic rings. The highest BCUT2D eigenvalue weighted by Crippen LogP contribution is 2.26. The summed E-state index contributed by atoms with van der Waals surface area (Å²) >= 11 is 5.93. The molecule has 0 heterocycles. The molecule has 1 aromatic rings. The fourth-order valence-corrected chi connectivity index (χ4v) is 2.18. The second-order valence-electron chi connectivity index (χ2n) is 4.13. The predicted molar refractivity (Wildman–Crippen MR) is 66.4 cm³/mol. The third kappa shape index (κ3) is 2.76. The number of nitrogens with one attached hydrogen (secondary N) is 1. The lowest BCUT2D eigenvalue weighted by Crippen LogP contribution is -2.16. The molecule has 2 rings (SSSR count). The molecule has 0 amide bonds. The molecular weight excluding hydrogens is 225 g/mol. The van der Waals surface area contributed by atoms with Crippen LogP contribution in [0.25, 0.3) is 0 Å². The number of para-hydroxylation sites is 1. The molecular formula is C13H15ClFN. The summed E-state index contributed by atoms with van der Waals surface area (Å²) < 4.78 is 13.4. The number of allylic oxidation sites excluding steroid dienone is 2. The summed E-state index contributed by atoms with van der Waals surface area (Å²) in [5, 5.41) is 3.56. The lowest BCUT2D eigenvalue weighted by Gasteiger charge is -2.19. The largest absolute Gasteiger partial charge is 0.381 e. The molecule has 86 valence electrons. The van der Waals surface area contributed by atoms with Crippen LogP contribution in [0.1, 0.15) is 19.3 Å². The van der Waals surface area contributed by atoms with Gasteiger partial charge in [0.2, 0.25) is 0 Å². The quantitative estimate of drug-likeness (QED) is 0.778. The van der Waals surface area contributed by atoms with Gasteiger partial charge in [0.05, 0.1) is 10.7 Å². The smallest absolute Gasteiger partial charge is 0.147 e. The molecule has 1 atom stereocenters. The zero-order valence-corrected chi connectivity index (χ0v) is 9.80. The first-order chi connectivity index (χ1) is 7.77. The molecule has 0 saturated carbocycles. The maximum Gasteiger partial charge on any atom is 0.147 e. The van der Waals surface area contributed by atoms with E-state index in [4.69, 9.17) is 11.6 Å². The monoisotopic (exact) mass is 239 g/mol. The fourth-order valence-electron chi connectivity index (χ4n) is 1.95. The minimum Gasteiger partial charge on any atom is -0.381 e. The van der Waals surface area contributed by atoms with Gasteiger partial charge < -0.3 is 5.32 Å². The second-order valence-corrected chi connectivity index (χ2v) is 4.54. The van der Waals surface area contributed by atoms with E-state index in [2.05, 4.69) is 17.5 Å². The highest BCUT2D eigenvalue weighted by Gasteiger charge is 2.12. The summed E-state index contributed by atoms with van der Waals surface area (Å²) in [6, 6.07) is 4.74. The molecule has 16 heavy (non-hydrogen) atoms. The molecule has 0 saturated heterocycles. The maximum absolute atomic E-state index is 13.4. The Kier molecular flexibility index (Phi) is 3.83. The van der Waals surface area contributed by atoms with Crippen LogP contribution in [-0.2, 0) is 0 Å². The summed E-state index contributed by atoms with van der Waals surface area (Å²) in [5.41, 5.74) is 0.429. The average Bonchev–Trinajstić information content (AvgIpc) is 2.30. The van der Waals surface area contributed by atoms with Crippen LogP contribution < -0.4 is 5.32 Å². The van der Waals surface area contributed by atoms with E-state index in [1.807, 2.05) is 0 Å². The molecule has 1 N–H and O–H groups in total. The maximum atomic E-state index is 13.4. The number of hydrogen-bond acceptors (Lipinski definition) is 1. The predicted octanol–water partition coefficient (Wildman–Crippen LogP) is 4.25. The number of hydrogen-bond donors (Lipinski definition) is 1. The molecule has 0 bridgehead atoms. The molecule has 0 aliphatic heterocycles. The van der Waals surface area contributed by atoms with Gasteiger partial charge in [0.25, 0.3) is 0 Å². The Bertz CT molecular complexity index is 369. The van der Waals surface area contributed by atoms with Gasteiger partial charge in [0, 0.05) is 6.54 Å². The van der Waals surface area contributed by atoms with E-state index >= 15 is 0 Å². The summed E-state index contributed by atoms with van der Waals surface area (Å²) in [6.07, 6.45) is 7.75. The Morgan fingerprint density at radius 3 is 2.94 bits per heavy atom. The Hall–Kier alpha value is -1.02. The summed E-state index contributed by atoms with van der Waals surface area (Å²) in [7, 11) is 0. The van der Waals surface area contributed by atoms with Gasteiger partial charge in [0.1, 0.15) is 5.82 Å². The van der Waals surface area contributed by atoms with Crippen molar-refractivity contribution in [3.8, 4) is 0 Å². The standard InChI is InChI=1S/C13H15ClFN/c14-11-7-4-8-12(15)13(11)16-9-10-5-2-1-3-6-10/h1-2,4,7-8,10,16H,3,5-6,9H2. The normalized spacial score (nSPS) is 19.8. The topological polar surface area (TPSA) is 12.0 Å². The number of anilines is 1. The number of halogens is 2. The minimum atomic E-state index is -0.279. The van der Waals surface area contributed by atoms with Crippen molar-refractivity contribution in [1.82, 2.24) is 0 Å². The number of rotatable bonds is 3. The first-order valence-corrected chi connectivity index (χ1v) is 5.98. The molecule has 1 aliphatic carbocycles. The van der Waals surface area contributed by atoms with E-state index in [-0.39, 0.29) is 5.82 Å². The van der Waals surface area contributed by atoms with Crippen LogP contribution in [0.4, 0.5) is 10.1 Å². The Morgan fingerprint density at radius 2 is 2.25 bits per heavy atom. The van der Waals surface area contributed by atoms with Crippen LogP contribution in [0.2, 0.25) is 5.02 Å². The molecule has 1 unspecified atom stereocenters. The molecule has 1 nitrogen and oxygen atoms in total. The van der Waals surface area contributed by atoms with Crippen molar-refractivity contribution in [1.29, 1.82) is 0 Å². The first kappa shape index (κ1) is 11.5. The van der Waals surface area contributed by atoms with E-state index in [9.17, 15) is 4.39 Å². The van der Waals surface area contributed by atoms with Crippen LogP contribution in [0, 0.1) is 11.7 Å². The highest BCUT2D eigenvalue weighted by molar-refractivity contribution is 6.33. The van der Waals surface area contributed by atoms with E-state index in [0.29, 0.717) is 16.6 Å². The molecule has 0 spiro atoms. The van der Waals surface area contributed by atoms with Gasteiger partial charge >= 0.3 is 0 Å². The SMILES string of the molecule is Fc1cccc(Cl)c1NCC1CC=CCC1. The Morgan fingerprint density at radius 1 is 1.38 bits per heavy atom. The van der Waals surface area contributed by atoms with Crippen molar-refractivity contribution < 1.29 is 4.39 Å². The fraction of sp³-hybridized carbons (Fsp3) is 0.385. The Labute approximate surface area is 100 Å². The Balaban J connectivity index is 1.96. The number of benzene rings is 1. The summed E-state index contributed by atoms with van der Waals surface area (Å²) in [4.78, 5) is 0. The van der Waals surface area contributed by atoms with Crippen LogP contribution in [0.3, 0.4) is 0 Å². The third-order valence-electron chi connectivity index (χ3n) is 2.91. The van der Waals surface area contributed by atoms with Crippen molar-refractivity contribution >= 4 is 17.3 Å². The van der Waals surface area contributed by atoms with E-state index in [1.54, 1.807) is 12.1 Å². The molecule has 0 radical (unpaired) electrons. The van der Waals surface area contributed by atoms with Crippen LogP contribution in [0.5, 0.6) is 0 Å². The first-order valence-electron chi connectivity index (χ1n) is 5.60. The lowest BCUT2D eigenvalue weighted by atomic mass is 9.94.